The summed E-state index contributed by atoms with van der Waals surface area (Å²) in [6.07, 6.45) is 7.22. The summed E-state index contributed by atoms with van der Waals surface area (Å²) >= 11 is 11.8. The Balaban J connectivity index is 1.47. The molecule has 2 aliphatic rings. The molecule has 1 aliphatic carbocycles. The highest BCUT2D eigenvalue weighted by molar-refractivity contribution is 7.88. The minimum Gasteiger partial charge on any atom is -0.303 e. The summed E-state index contributed by atoms with van der Waals surface area (Å²) in [5.74, 6) is 0.787. The Morgan fingerprint density at radius 2 is 1.72 bits per heavy atom. The van der Waals surface area contributed by atoms with Crippen LogP contribution >= 0.6 is 23.2 Å². The Morgan fingerprint density at radius 1 is 1.04 bits per heavy atom. The minimum atomic E-state index is -3.37. The molecule has 0 spiro atoms. The average molecular weight is 405 g/mol. The fourth-order valence-electron chi connectivity index (χ4n) is 3.94. The highest BCUT2D eigenvalue weighted by Gasteiger charge is 2.26. The van der Waals surface area contributed by atoms with Gasteiger partial charge in [-0.2, -0.15) is 0 Å². The van der Waals surface area contributed by atoms with Crippen LogP contribution in [0, 0.1) is 5.92 Å². The molecule has 1 aromatic carbocycles. The molecule has 1 saturated heterocycles. The zero-order valence-corrected chi connectivity index (χ0v) is 16.7. The Hall–Kier alpha value is -0.330. The van der Waals surface area contributed by atoms with Crippen LogP contribution in [0.25, 0.3) is 0 Å². The topological polar surface area (TPSA) is 49.4 Å². The second-order valence-corrected chi connectivity index (χ2v) is 9.92. The van der Waals surface area contributed by atoms with Gasteiger partial charge in [0.15, 0.2) is 0 Å². The Kier molecular flexibility index (Phi) is 6.66. The quantitative estimate of drug-likeness (QED) is 0.776. The monoisotopic (exact) mass is 404 g/mol. The number of nitrogens with zero attached hydrogens (tertiary/aromatic N) is 1. The molecule has 4 nitrogen and oxygen atoms in total. The maximum atomic E-state index is 12.4. The van der Waals surface area contributed by atoms with Crippen molar-refractivity contribution in [3.05, 3.63) is 33.8 Å². The number of piperidine rings is 1. The van der Waals surface area contributed by atoms with Gasteiger partial charge in [-0.3, -0.25) is 0 Å². The largest absolute Gasteiger partial charge is 0.303 e. The van der Waals surface area contributed by atoms with Crippen LogP contribution in [0.1, 0.15) is 44.1 Å². The number of halogens is 2. The molecule has 0 unspecified atom stereocenters. The van der Waals surface area contributed by atoms with Crippen LogP contribution in [0.15, 0.2) is 18.2 Å². The summed E-state index contributed by atoms with van der Waals surface area (Å²) in [5, 5.41) is 0.819. The van der Waals surface area contributed by atoms with Crippen LogP contribution in [0.3, 0.4) is 0 Å². The fraction of sp³-hybridized carbons (Fsp3) is 0.667. The maximum absolute atomic E-state index is 12.4. The highest BCUT2D eigenvalue weighted by Crippen LogP contribution is 2.27. The van der Waals surface area contributed by atoms with Crippen molar-refractivity contribution >= 4 is 33.2 Å². The predicted octanol–water partition coefficient (Wildman–Crippen LogP) is 4.07. The van der Waals surface area contributed by atoms with E-state index >= 15 is 0 Å². The van der Waals surface area contributed by atoms with Crippen LogP contribution in [0.4, 0.5) is 0 Å². The first kappa shape index (κ1) is 19.4. The molecule has 1 saturated carbocycles. The van der Waals surface area contributed by atoms with Crippen LogP contribution < -0.4 is 4.72 Å². The highest BCUT2D eigenvalue weighted by atomic mass is 35.5. The number of hydrogen-bond acceptors (Lipinski definition) is 3. The first-order valence-corrected chi connectivity index (χ1v) is 11.5. The summed E-state index contributed by atoms with van der Waals surface area (Å²) in [4.78, 5) is 2.50. The van der Waals surface area contributed by atoms with Gasteiger partial charge < -0.3 is 4.90 Å². The number of rotatable bonds is 6. The van der Waals surface area contributed by atoms with Crippen molar-refractivity contribution in [2.45, 2.75) is 50.3 Å². The molecule has 1 aromatic rings. The van der Waals surface area contributed by atoms with Gasteiger partial charge in [0.25, 0.3) is 0 Å². The molecule has 0 atom stereocenters. The van der Waals surface area contributed by atoms with Gasteiger partial charge in [-0.1, -0.05) is 42.1 Å². The zero-order valence-electron chi connectivity index (χ0n) is 14.4. The third-order valence-corrected chi connectivity index (χ3v) is 7.41. The Bertz CT molecular complexity index is 682. The van der Waals surface area contributed by atoms with Gasteiger partial charge in [0.2, 0.25) is 10.0 Å². The lowest BCUT2D eigenvalue weighted by Crippen LogP contribution is -2.45. The molecule has 0 amide bonds. The molecule has 0 bridgehead atoms. The van der Waals surface area contributed by atoms with Crippen molar-refractivity contribution in [3.8, 4) is 0 Å². The molecular weight excluding hydrogens is 379 g/mol. The summed E-state index contributed by atoms with van der Waals surface area (Å²) in [6.45, 7) is 3.15. The fourth-order valence-corrected chi connectivity index (χ4v) is 5.70. The van der Waals surface area contributed by atoms with Crippen molar-refractivity contribution in [2.75, 3.05) is 19.6 Å². The van der Waals surface area contributed by atoms with E-state index in [-0.39, 0.29) is 11.8 Å². The lowest BCUT2D eigenvalue weighted by Gasteiger charge is -2.33. The molecular formula is C18H26Cl2N2O2S. The maximum Gasteiger partial charge on any atom is 0.216 e. The lowest BCUT2D eigenvalue weighted by atomic mass is 10.0. The number of hydrogen-bond donors (Lipinski definition) is 1. The summed E-state index contributed by atoms with van der Waals surface area (Å²) < 4.78 is 27.7. The van der Waals surface area contributed by atoms with E-state index < -0.39 is 10.0 Å². The van der Waals surface area contributed by atoms with Gasteiger partial charge in [-0.25, -0.2) is 13.1 Å². The molecule has 25 heavy (non-hydrogen) atoms. The van der Waals surface area contributed by atoms with Crippen molar-refractivity contribution in [2.24, 2.45) is 5.92 Å². The van der Waals surface area contributed by atoms with Gasteiger partial charge >= 0.3 is 0 Å². The number of benzene rings is 1. The SMILES string of the molecule is O=S(=O)(Cc1ccc(Cl)c(Cl)c1)NC1CCN(CC2CCCC2)CC1. The first-order chi connectivity index (χ1) is 11.9. The van der Waals surface area contributed by atoms with Gasteiger partial charge in [0.05, 0.1) is 15.8 Å². The van der Waals surface area contributed by atoms with Crippen LogP contribution in [0.2, 0.25) is 10.0 Å². The van der Waals surface area contributed by atoms with Crippen molar-refractivity contribution in [1.82, 2.24) is 9.62 Å². The average Bonchev–Trinajstić information content (AvgIpc) is 3.05. The van der Waals surface area contributed by atoms with E-state index in [1.807, 2.05) is 0 Å². The van der Waals surface area contributed by atoms with Gasteiger partial charge in [-0.15, -0.1) is 0 Å². The van der Waals surface area contributed by atoms with Gasteiger partial charge in [0, 0.05) is 12.6 Å². The summed E-state index contributed by atoms with van der Waals surface area (Å²) in [6, 6.07) is 4.99. The molecule has 0 radical (unpaired) electrons. The molecule has 1 N–H and O–H groups in total. The Morgan fingerprint density at radius 3 is 2.36 bits per heavy atom. The lowest BCUT2D eigenvalue weighted by molar-refractivity contribution is 0.180. The third-order valence-electron chi connectivity index (χ3n) is 5.27. The smallest absolute Gasteiger partial charge is 0.216 e. The standard InChI is InChI=1S/C18H26Cl2N2O2S/c19-17-6-5-15(11-18(17)20)13-25(23,24)21-16-7-9-22(10-8-16)12-14-3-1-2-4-14/h5-6,11,14,16,21H,1-4,7-10,12-13H2. The third kappa shape index (κ3) is 5.83. The Labute approximate surface area is 160 Å². The number of likely N-dealkylation sites (tertiary alicyclic amines) is 1. The predicted molar refractivity (Wildman–Crippen MR) is 104 cm³/mol. The van der Waals surface area contributed by atoms with E-state index in [4.69, 9.17) is 23.2 Å². The number of sulfonamides is 1. The van der Waals surface area contributed by atoms with Crippen molar-refractivity contribution in [1.29, 1.82) is 0 Å². The molecule has 7 heteroatoms. The van der Waals surface area contributed by atoms with Gasteiger partial charge in [0.1, 0.15) is 0 Å². The zero-order chi connectivity index (χ0) is 17.9. The second-order valence-electron chi connectivity index (χ2n) is 7.35. The number of nitrogens with one attached hydrogen (secondary N) is 1. The van der Waals surface area contributed by atoms with Crippen LogP contribution in [-0.2, 0) is 15.8 Å². The summed E-state index contributed by atoms with van der Waals surface area (Å²) in [5.41, 5.74) is 0.653. The van der Waals surface area contributed by atoms with E-state index in [2.05, 4.69) is 9.62 Å². The summed E-state index contributed by atoms with van der Waals surface area (Å²) in [7, 11) is -3.37. The van der Waals surface area contributed by atoms with Crippen LogP contribution in [-0.4, -0.2) is 39.0 Å². The van der Waals surface area contributed by atoms with E-state index in [1.54, 1.807) is 18.2 Å². The minimum absolute atomic E-state index is 0.0348. The molecule has 1 heterocycles. The molecule has 1 aliphatic heterocycles. The van der Waals surface area contributed by atoms with Gasteiger partial charge in [-0.05, 0) is 62.4 Å². The van der Waals surface area contributed by atoms with E-state index in [1.165, 1.54) is 32.2 Å². The van der Waals surface area contributed by atoms with Crippen molar-refractivity contribution < 1.29 is 8.42 Å². The van der Waals surface area contributed by atoms with E-state index in [0.717, 1.165) is 31.8 Å². The molecule has 140 valence electrons. The molecule has 2 fully saturated rings. The normalized spacial score (nSPS) is 21.0. The van der Waals surface area contributed by atoms with Crippen LogP contribution in [0.5, 0.6) is 0 Å². The van der Waals surface area contributed by atoms with Crippen molar-refractivity contribution in [3.63, 3.8) is 0 Å². The van der Waals surface area contributed by atoms with E-state index in [9.17, 15) is 8.42 Å². The second kappa shape index (κ2) is 8.57. The molecule has 3 rings (SSSR count). The first-order valence-electron chi connectivity index (χ1n) is 9.07. The van der Waals surface area contributed by atoms with E-state index in [0.29, 0.717) is 15.6 Å². The molecule has 0 aromatic heterocycles.